The minimum Gasteiger partial charge on any atom is -0.479 e. The second kappa shape index (κ2) is 5.79. The second-order valence-electron chi connectivity index (χ2n) is 3.80. The van der Waals surface area contributed by atoms with Crippen LogP contribution in [0.15, 0.2) is 47.1 Å². The molecule has 0 aliphatic carbocycles. The van der Waals surface area contributed by atoms with E-state index < -0.39 is 17.8 Å². The molecule has 0 bridgehead atoms. The fourth-order valence-corrected chi connectivity index (χ4v) is 1.79. The van der Waals surface area contributed by atoms with Gasteiger partial charge in [-0.05, 0) is 40.2 Å². The highest BCUT2D eigenvalue weighted by Gasteiger charge is 2.22. The standard InChI is InChI=1S/C13H10BrFN2O2/c14-8-5-6-11(16-7-8)12(13(18)19)17-10-4-2-1-3-9(10)15/h1-7,12,17H,(H,18,19). The average molecular weight is 325 g/mol. The van der Waals surface area contributed by atoms with Gasteiger partial charge in [-0.3, -0.25) is 4.98 Å². The normalized spacial score (nSPS) is 11.9. The number of anilines is 1. The van der Waals surface area contributed by atoms with Crippen molar-refractivity contribution in [1.82, 2.24) is 4.98 Å². The van der Waals surface area contributed by atoms with E-state index in [1.54, 1.807) is 18.2 Å². The van der Waals surface area contributed by atoms with Crippen molar-refractivity contribution in [2.75, 3.05) is 5.32 Å². The van der Waals surface area contributed by atoms with Crippen molar-refractivity contribution in [1.29, 1.82) is 0 Å². The van der Waals surface area contributed by atoms with Gasteiger partial charge in [0.15, 0.2) is 6.04 Å². The zero-order valence-corrected chi connectivity index (χ0v) is 11.3. The van der Waals surface area contributed by atoms with Gasteiger partial charge in [-0.15, -0.1) is 0 Å². The molecule has 0 saturated carbocycles. The first kappa shape index (κ1) is 13.5. The van der Waals surface area contributed by atoms with E-state index in [-0.39, 0.29) is 5.69 Å². The van der Waals surface area contributed by atoms with Crippen molar-refractivity contribution < 1.29 is 14.3 Å². The summed E-state index contributed by atoms with van der Waals surface area (Å²) in [4.78, 5) is 15.3. The lowest BCUT2D eigenvalue weighted by Crippen LogP contribution is -2.22. The molecule has 4 nitrogen and oxygen atoms in total. The maximum Gasteiger partial charge on any atom is 0.332 e. The first-order valence-electron chi connectivity index (χ1n) is 5.43. The Kier molecular flexibility index (Phi) is 4.11. The molecule has 1 aromatic heterocycles. The minimum absolute atomic E-state index is 0.125. The smallest absolute Gasteiger partial charge is 0.332 e. The molecule has 1 heterocycles. The maximum absolute atomic E-state index is 13.5. The number of nitrogens with zero attached hydrogens (tertiary/aromatic N) is 1. The summed E-state index contributed by atoms with van der Waals surface area (Å²) in [5, 5.41) is 11.8. The molecule has 0 radical (unpaired) electrons. The van der Waals surface area contributed by atoms with Crippen LogP contribution in [0.4, 0.5) is 10.1 Å². The number of carboxylic acid groups (broad SMARTS) is 1. The molecule has 6 heteroatoms. The van der Waals surface area contributed by atoms with E-state index in [1.165, 1.54) is 24.4 Å². The molecule has 19 heavy (non-hydrogen) atoms. The van der Waals surface area contributed by atoms with E-state index in [0.717, 1.165) is 4.47 Å². The lowest BCUT2D eigenvalue weighted by atomic mass is 10.1. The van der Waals surface area contributed by atoms with Crippen LogP contribution in [-0.2, 0) is 4.79 Å². The van der Waals surface area contributed by atoms with Crippen LogP contribution in [0.5, 0.6) is 0 Å². The molecule has 0 fully saturated rings. The molecular formula is C13H10BrFN2O2. The summed E-state index contributed by atoms with van der Waals surface area (Å²) in [5.41, 5.74) is 0.429. The van der Waals surface area contributed by atoms with E-state index in [1.807, 2.05) is 0 Å². The molecule has 98 valence electrons. The number of benzene rings is 1. The Balaban J connectivity index is 2.29. The van der Waals surface area contributed by atoms with Gasteiger partial charge in [-0.1, -0.05) is 12.1 Å². The van der Waals surface area contributed by atoms with Crippen LogP contribution < -0.4 is 5.32 Å². The number of rotatable bonds is 4. The lowest BCUT2D eigenvalue weighted by molar-refractivity contribution is -0.138. The molecule has 2 aromatic rings. The molecule has 2 rings (SSSR count). The van der Waals surface area contributed by atoms with Gasteiger partial charge in [0.25, 0.3) is 0 Å². The van der Waals surface area contributed by atoms with Gasteiger partial charge < -0.3 is 10.4 Å². The molecule has 0 amide bonds. The molecule has 2 N–H and O–H groups in total. The van der Waals surface area contributed by atoms with Crippen LogP contribution >= 0.6 is 15.9 Å². The number of carbonyl (C=O) groups is 1. The number of aliphatic carboxylic acids is 1. The van der Waals surface area contributed by atoms with Crippen LogP contribution in [0.2, 0.25) is 0 Å². The molecular weight excluding hydrogens is 315 g/mol. The highest BCUT2D eigenvalue weighted by Crippen LogP contribution is 2.21. The van der Waals surface area contributed by atoms with Crippen molar-refractivity contribution in [3.63, 3.8) is 0 Å². The third kappa shape index (κ3) is 3.29. The van der Waals surface area contributed by atoms with Gasteiger partial charge in [-0.2, -0.15) is 0 Å². The summed E-state index contributed by atoms with van der Waals surface area (Å²) in [6, 6.07) is 8.04. The summed E-state index contributed by atoms with van der Waals surface area (Å²) < 4.78 is 14.3. The van der Waals surface area contributed by atoms with Crippen molar-refractivity contribution >= 4 is 27.6 Å². The molecule has 0 saturated heterocycles. The van der Waals surface area contributed by atoms with Gasteiger partial charge in [0.05, 0.1) is 11.4 Å². The summed E-state index contributed by atoms with van der Waals surface area (Å²) in [7, 11) is 0. The monoisotopic (exact) mass is 324 g/mol. The van der Waals surface area contributed by atoms with Crippen LogP contribution in [0.1, 0.15) is 11.7 Å². The van der Waals surface area contributed by atoms with E-state index in [9.17, 15) is 14.3 Å². The van der Waals surface area contributed by atoms with E-state index in [2.05, 4.69) is 26.2 Å². The molecule has 0 spiro atoms. The van der Waals surface area contributed by atoms with Crippen LogP contribution in [0.25, 0.3) is 0 Å². The van der Waals surface area contributed by atoms with Crippen LogP contribution in [0, 0.1) is 5.82 Å². The minimum atomic E-state index is -1.13. The van der Waals surface area contributed by atoms with E-state index >= 15 is 0 Å². The first-order chi connectivity index (χ1) is 9.08. The highest BCUT2D eigenvalue weighted by atomic mass is 79.9. The number of hydrogen-bond donors (Lipinski definition) is 2. The van der Waals surface area contributed by atoms with Crippen LogP contribution in [-0.4, -0.2) is 16.1 Å². The summed E-state index contributed by atoms with van der Waals surface area (Å²) in [5.74, 6) is -1.64. The summed E-state index contributed by atoms with van der Waals surface area (Å²) in [6.45, 7) is 0. The van der Waals surface area contributed by atoms with Crippen molar-refractivity contribution in [2.24, 2.45) is 0 Å². The lowest BCUT2D eigenvalue weighted by Gasteiger charge is -2.15. The fourth-order valence-electron chi connectivity index (χ4n) is 1.55. The molecule has 1 unspecified atom stereocenters. The van der Waals surface area contributed by atoms with Gasteiger partial charge in [-0.25, -0.2) is 9.18 Å². The molecule has 1 atom stereocenters. The Morgan fingerprint density at radius 1 is 1.32 bits per heavy atom. The topological polar surface area (TPSA) is 62.2 Å². The van der Waals surface area contributed by atoms with Crippen molar-refractivity contribution in [3.05, 3.63) is 58.6 Å². The first-order valence-corrected chi connectivity index (χ1v) is 6.22. The second-order valence-corrected chi connectivity index (χ2v) is 4.71. The Hall–Kier alpha value is -1.95. The third-order valence-corrected chi connectivity index (χ3v) is 2.94. The largest absolute Gasteiger partial charge is 0.479 e. The molecule has 0 aliphatic rings. The van der Waals surface area contributed by atoms with Crippen molar-refractivity contribution in [3.8, 4) is 0 Å². The van der Waals surface area contributed by atoms with Crippen LogP contribution in [0.3, 0.4) is 0 Å². The molecule has 0 aliphatic heterocycles. The van der Waals surface area contributed by atoms with E-state index in [0.29, 0.717) is 5.69 Å². The van der Waals surface area contributed by atoms with Crippen molar-refractivity contribution in [2.45, 2.75) is 6.04 Å². The summed E-state index contributed by atoms with van der Waals surface area (Å²) in [6.07, 6.45) is 1.49. The quantitative estimate of drug-likeness (QED) is 0.906. The Morgan fingerprint density at radius 2 is 2.05 bits per heavy atom. The Morgan fingerprint density at radius 3 is 2.63 bits per heavy atom. The Bertz CT molecular complexity index is 589. The third-order valence-electron chi connectivity index (χ3n) is 2.47. The van der Waals surface area contributed by atoms with Gasteiger partial charge in [0.1, 0.15) is 5.82 Å². The summed E-state index contributed by atoms with van der Waals surface area (Å²) >= 11 is 3.22. The number of halogens is 2. The molecule has 1 aromatic carbocycles. The SMILES string of the molecule is O=C(O)C(Nc1ccccc1F)c1ccc(Br)cn1. The average Bonchev–Trinajstić information content (AvgIpc) is 2.39. The zero-order valence-electron chi connectivity index (χ0n) is 9.68. The number of hydrogen-bond acceptors (Lipinski definition) is 3. The fraction of sp³-hybridized carbons (Fsp3) is 0.0769. The number of pyridine rings is 1. The highest BCUT2D eigenvalue weighted by molar-refractivity contribution is 9.10. The predicted molar refractivity (Wildman–Crippen MR) is 72.3 cm³/mol. The maximum atomic E-state index is 13.5. The number of nitrogens with one attached hydrogen (secondary N) is 1. The number of carboxylic acids is 1. The number of para-hydroxylation sites is 1. The number of aromatic nitrogens is 1. The van der Waals surface area contributed by atoms with Gasteiger partial charge >= 0.3 is 5.97 Å². The predicted octanol–water partition coefficient (Wildman–Crippen LogP) is 3.22. The Labute approximate surface area is 117 Å². The van der Waals surface area contributed by atoms with Gasteiger partial charge in [0.2, 0.25) is 0 Å². The zero-order chi connectivity index (χ0) is 13.8. The van der Waals surface area contributed by atoms with Gasteiger partial charge in [0, 0.05) is 10.7 Å². The van der Waals surface area contributed by atoms with E-state index in [4.69, 9.17) is 0 Å².